The summed E-state index contributed by atoms with van der Waals surface area (Å²) >= 11 is 12.6. The summed E-state index contributed by atoms with van der Waals surface area (Å²) in [4.78, 5) is 13.5. The van der Waals surface area contributed by atoms with Gasteiger partial charge in [-0.05, 0) is 37.1 Å². The van der Waals surface area contributed by atoms with Crippen LogP contribution in [0.25, 0.3) is 28.2 Å². The molecule has 4 nitrogen and oxygen atoms in total. The van der Waals surface area contributed by atoms with Crippen LogP contribution in [0.2, 0.25) is 10.0 Å². The zero-order valence-corrected chi connectivity index (χ0v) is 17.4. The molecule has 0 bridgehead atoms. The molecule has 5 rings (SSSR count). The Morgan fingerprint density at radius 2 is 1.66 bits per heavy atom. The maximum atomic E-state index is 13.5. The second-order valence-corrected chi connectivity index (χ2v) is 8.52. The third-order valence-electron chi connectivity index (χ3n) is 5.86. The van der Waals surface area contributed by atoms with Crippen LogP contribution in [0.15, 0.2) is 59.5 Å². The van der Waals surface area contributed by atoms with Gasteiger partial charge in [-0.15, -0.1) is 0 Å². The van der Waals surface area contributed by atoms with Crippen LogP contribution in [-0.4, -0.2) is 14.3 Å². The van der Waals surface area contributed by atoms with Crippen molar-refractivity contribution >= 4 is 23.2 Å². The van der Waals surface area contributed by atoms with Crippen LogP contribution in [0.1, 0.15) is 38.1 Å². The number of benzene rings is 2. The monoisotopic (exact) mass is 425 g/mol. The molecule has 2 heterocycles. The quantitative estimate of drug-likeness (QED) is 0.397. The highest BCUT2D eigenvalue weighted by Crippen LogP contribution is 2.37. The van der Waals surface area contributed by atoms with Gasteiger partial charge in [0.25, 0.3) is 5.56 Å². The van der Waals surface area contributed by atoms with Crippen molar-refractivity contribution in [3.63, 3.8) is 0 Å². The van der Waals surface area contributed by atoms with E-state index in [1.165, 1.54) is 19.3 Å². The molecule has 0 unspecified atom stereocenters. The van der Waals surface area contributed by atoms with Gasteiger partial charge >= 0.3 is 0 Å². The molecule has 29 heavy (non-hydrogen) atoms. The van der Waals surface area contributed by atoms with Crippen LogP contribution in [0.3, 0.4) is 0 Å². The van der Waals surface area contributed by atoms with Gasteiger partial charge in [-0.3, -0.25) is 14.6 Å². The van der Waals surface area contributed by atoms with Gasteiger partial charge in [0.05, 0.1) is 27.7 Å². The number of hydrogen-bond donors (Lipinski definition) is 1. The number of aromatic nitrogens is 3. The fraction of sp³-hybridized carbons (Fsp3) is 0.261. The van der Waals surface area contributed by atoms with E-state index < -0.39 is 0 Å². The van der Waals surface area contributed by atoms with Gasteiger partial charge in [0.15, 0.2) is 0 Å². The van der Waals surface area contributed by atoms with E-state index in [1.54, 1.807) is 0 Å². The van der Waals surface area contributed by atoms with Crippen molar-refractivity contribution in [3.8, 4) is 28.2 Å². The second-order valence-electron chi connectivity index (χ2n) is 7.68. The number of H-pyrrole nitrogens is 1. The fourth-order valence-corrected chi connectivity index (χ4v) is 4.78. The molecule has 1 fully saturated rings. The van der Waals surface area contributed by atoms with E-state index in [1.807, 2.05) is 64.0 Å². The first-order valence-corrected chi connectivity index (χ1v) is 10.8. The SMILES string of the molecule is O=c1c2c(-c3ccc(Cl)cc3)n(-c3ccccc3Cl)[nH]c-2cn1C1CCCCC1. The Balaban J connectivity index is 1.76. The largest absolute Gasteiger partial charge is 0.310 e. The van der Waals surface area contributed by atoms with E-state index in [0.29, 0.717) is 15.6 Å². The Morgan fingerprint density at radius 1 is 0.931 bits per heavy atom. The molecule has 1 saturated carbocycles. The first kappa shape index (κ1) is 18.6. The maximum absolute atomic E-state index is 13.5. The summed E-state index contributed by atoms with van der Waals surface area (Å²) in [6.07, 6.45) is 7.72. The fourth-order valence-electron chi connectivity index (χ4n) is 4.43. The Kier molecular flexibility index (Phi) is 4.76. The van der Waals surface area contributed by atoms with Gasteiger partial charge in [0.1, 0.15) is 0 Å². The smallest absolute Gasteiger partial charge is 0.262 e. The molecule has 1 aliphatic carbocycles. The number of hydrogen-bond acceptors (Lipinski definition) is 1. The number of para-hydroxylation sites is 1. The van der Waals surface area contributed by atoms with E-state index in [0.717, 1.165) is 35.5 Å². The van der Waals surface area contributed by atoms with Gasteiger partial charge in [0, 0.05) is 22.8 Å². The zero-order valence-electron chi connectivity index (χ0n) is 15.9. The molecule has 0 aromatic heterocycles. The lowest BCUT2D eigenvalue weighted by atomic mass is 9.95. The van der Waals surface area contributed by atoms with Crippen molar-refractivity contribution in [1.82, 2.24) is 14.3 Å². The Bertz CT molecular complexity index is 1180. The number of nitrogens with zero attached hydrogens (tertiary/aromatic N) is 2. The first-order chi connectivity index (χ1) is 14.1. The minimum absolute atomic E-state index is 0.0545. The topological polar surface area (TPSA) is 42.7 Å². The number of aromatic amines is 1. The lowest BCUT2D eigenvalue weighted by molar-refractivity contribution is 0.349. The molecule has 2 aromatic rings. The maximum Gasteiger partial charge on any atom is 0.262 e. The highest BCUT2D eigenvalue weighted by Gasteiger charge is 2.28. The highest BCUT2D eigenvalue weighted by molar-refractivity contribution is 6.32. The summed E-state index contributed by atoms with van der Waals surface area (Å²) in [5.41, 5.74) is 4.10. The summed E-state index contributed by atoms with van der Waals surface area (Å²) < 4.78 is 3.83. The average Bonchev–Trinajstić information content (AvgIpc) is 3.26. The Hall–Kier alpha value is -2.43. The molecular weight excluding hydrogens is 405 g/mol. The van der Waals surface area contributed by atoms with Crippen LogP contribution in [-0.2, 0) is 0 Å². The highest BCUT2D eigenvalue weighted by atomic mass is 35.5. The minimum atomic E-state index is 0.0545. The van der Waals surface area contributed by atoms with Gasteiger partial charge in [-0.25, -0.2) is 0 Å². The minimum Gasteiger partial charge on any atom is -0.310 e. The normalized spacial score (nSPS) is 15.2. The van der Waals surface area contributed by atoms with E-state index in [9.17, 15) is 4.79 Å². The van der Waals surface area contributed by atoms with E-state index in [4.69, 9.17) is 23.2 Å². The summed E-state index contributed by atoms with van der Waals surface area (Å²) in [6, 6.07) is 15.5. The van der Waals surface area contributed by atoms with Crippen LogP contribution in [0.5, 0.6) is 0 Å². The molecule has 2 aromatic carbocycles. The van der Waals surface area contributed by atoms with Crippen LogP contribution >= 0.6 is 23.2 Å². The van der Waals surface area contributed by atoms with E-state index in [-0.39, 0.29) is 11.6 Å². The van der Waals surface area contributed by atoms with Crippen molar-refractivity contribution in [2.45, 2.75) is 38.1 Å². The molecule has 0 radical (unpaired) electrons. The predicted molar refractivity (Wildman–Crippen MR) is 119 cm³/mol. The lowest BCUT2D eigenvalue weighted by Gasteiger charge is -2.22. The first-order valence-electron chi connectivity index (χ1n) is 10.00. The summed E-state index contributed by atoms with van der Waals surface area (Å²) in [7, 11) is 0. The van der Waals surface area contributed by atoms with Crippen molar-refractivity contribution < 1.29 is 0 Å². The summed E-state index contributed by atoms with van der Waals surface area (Å²) in [6.45, 7) is 0. The second kappa shape index (κ2) is 7.43. The van der Waals surface area contributed by atoms with Gasteiger partial charge < -0.3 is 4.57 Å². The molecule has 1 N–H and O–H groups in total. The number of nitrogens with one attached hydrogen (secondary N) is 1. The van der Waals surface area contributed by atoms with Gasteiger partial charge in [0.2, 0.25) is 0 Å². The molecule has 0 spiro atoms. The Morgan fingerprint density at radius 3 is 2.38 bits per heavy atom. The van der Waals surface area contributed by atoms with Crippen molar-refractivity contribution in [2.75, 3.05) is 0 Å². The third-order valence-corrected chi connectivity index (χ3v) is 6.43. The third kappa shape index (κ3) is 3.21. The zero-order chi connectivity index (χ0) is 20.0. The number of fused-ring (bicyclic) bond motifs is 1. The molecular formula is C23H21Cl2N3O. The van der Waals surface area contributed by atoms with Gasteiger partial charge in [-0.2, -0.15) is 0 Å². The van der Waals surface area contributed by atoms with E-state index in [2.05, 4.69) is 5.10 Å². The molecule has 148 valence electrons. The molecule has 0 amide bonds. The van der Waals surface area contributed by atoms with Crippen LogP contribution < -0.4 is 5.56 Å². The van der Waals surface area contributed by atoms with Crippen molar-refractivity contribution in [3.05, 3.63) is 75.1 Å². The average molecular weight is 426 g/mol. The molecule has 2 aliphatic heterocycles. The Labute approximate surface area is 179 Å². The molecule has 3 aliphatic rings. The summed E-state index contributed by atoms with van der Waals surface area (Å²) in [5, 5.41) is 4.69. The lowest BCUT2D eigenvalue weighted by Crippen LogP contribution is -2.22. The molecule has 0 atom stereocenters. The van der Waals surface area contributed by atoms with Crippen LogP contribution in [0, 0.1) is 0 Å². The van der Waals surface area contributed by atoms with E-state index >= 15 is 0 Å². The van der Waals surface area contributed by atoms with Gasteiger partial charge in [-0.1, -0.05) is 66.7 Å². The number of halogens is 2. The molecule has 0 saturated heterocycles. The molecule has 6 heteroatoms. The van der Waals surface area contributed by atoms with Crippen molar-refractivity contribution in [1.29, 1.82) is 0 Å². The van der Waals surface area contributed by atoms with Crippen molar-refractivity contribution in [2.24, 2.45) is 0 Å². The van der Waals surface area contributed by atoms with Crippen LogP contribution in [0.4, 0.5) is 0 Å². The standard InChI is InChI=1S/C23H21Cl2N3O/c24-16-12-10-15(11-13-16)22-21-19(26-28(22)20-9-5-4-8-18(20)25)14-27(23(21)29)17-6-2-1-3-7-17/h4-5,8-14,17,26H,1-3,6-7H2. The number of rotatable bonds is 3. The predicted octanol–water partition coefficient (Wildman–Crippen LogP) is 6.55. The summed E-state index contributed by atoms with van der Waals surface area (Å²) in [5.74, 6) is 0.